The molecule has 0 aliphatic carbocycles. The van der Waals surface area contributed by atoms with Crippen molar-refractivity contribution in [2.75, 3.05) is 17.5 Å². The third-order valence-electron chi connectivity index (χ3n) is 6.61. The van der Waals surface area contributed by atoms with Crippen LogP contribution in [0.25, 0.3) is 10.8 Å². The number of anilines is 1. The van der Waals surface area contributed by atoms with Crippen molar-refractivity contribution in [2.24, 2.45) is 5.10 Å². The van der Waals surface area contributed by atoms with E-state index in [2.05, 4.69) is 28.7 Å². The summed E-state index contributed by atoms with van der Waals surface area (Å²) in [5.41, 5.74) is 4.52. The minimum absolute atomic E-state index is 0.0559. The van der Waals surface area contributed by atoms with Crippen LogP contribution in [0, 0.1) is 0 Å². The number of hydrogen-bond donors (Lipinski definition) is 1. The van der Waals surface area contributed by atoms with E-state index in [9.17, 15) is 13.2 Å². The molecule has 0 saturated heterocycles. The van der Waals surface area contributed by atoms with Gasteiger partial charge in [0.25, 0.3) is 15.9 Å². The molecule has 0 radical (unpaired) electrons. The van der Waals surface area contributed by atoms with E-state index < -0.39 is 22.5 Å². The molecule has 5 rings (SSSR count). The zero-order valence-electron chi connectivity index (χ0n) is 23.6. The number of hydrazone groups is 1. The van der Waals surface area contributed by atoms with Crippen LogP contribution in [0.2, 0.25) is 0 Å². The molecule has 1 amide bonds. The van der Waals surface area contributed by atoms with Crippen LogP contribution in [0.4, 0.5) is 5.69 Å². The van der Waals surface area contributed by atoms with Crippen LogP contribution in [-0.4, -0.2) is 33.7 Å². The quantitative estimate of drug-likeness (QED) is 0.138. The Hall–Kier alpha value is -5.15. The molecule has 8 nitrogen and oxygen atoms in total. The standard InChI is InChI=1S/C34H31N3O5S/c1-2-41-33-18-9-8-17-32(33)37(43(39,40)30-14-4-3-5-15-30)24-34(38)36-35-23-26-19-21-29(22-20-26)42-25-28-13-10-12-27-11-6-7-16-31(27)28/h3-23H,2,24-25H2,1H3,(H,36,38)/b35-23+. The Bertz CT molecular complexity index is 1820. The number of para-hydroxylation sites is 2. The zero-order valence-corrected chi connectivity index (χ0v) is 24.4. The average Bonchev–Trinajstić information content (AvgIpc) is 3.04. The summed E-state index contributed by atoms with van der Waals surface area (Å²) >= 11 is 0. The first-order chi connectivity index (χ1) is 21.0. The van der Waals surface area contributed by atoms with Crippen molar-refractivity contribution in [1.29, 1.82) is 0 Å². The molecule has 0 spiro atoms. The Morgan fingerprint density at radius 3 is 2.30 bits per heavy atom. The molecule has 0 heterocycles. The Labute approximate surface area is 251 Å². The first-order valence-corrected chi connectivity index (χ1v) is 15.2. The van der Waals surface area contributed by atoms with Crippen molar-refractivity contribution in [2.45, 2.75) is 18.4 Å². The first-order valence-electron chi connectivity index (χ1n) is 13.8. The molecule has 0 saturated carbocycles. The summed E-state index contributed by atoms with van der Waals surface area (Å²) in [5, 5.41) is 6.36. The molecule has 0 aliphatic heterocycles. The van der Waals surface area contributed by atoms with Gasteiger partial charge in [-0.25, -0.2) is 13.8 Å². The van der Waals surface area contributed by atoms with Crippen molar-refractivity contribution in [1.82, 2.24) is 5.43 Å². The molecule has 9 heteroatoms. The molecular formula is C34H31N3O5S. The molecule has 1 N–H and O–H groups in total. The second-order valence-electron chi connectivity index (χ2n) is 9.51. The third-order valence-corrected chi connectivity index (χ3v) is 8.38. The number of ether oxygens (including phenoxy) is 2. The van der Waals surface area contributed by atoms with Gasteiger partial charge in [0.15, 0.2) is 0 Å². The van der Waals surface area contributed by atoms with Gasteiger partial charge in [0.05, 0.1) is 23.4 Å². The van der Waals surface area contributed by atoms with E-state index in [1.54, 1.807) is 49.4 Å². The molecule has 218 valence electrons. The molecule has 0 fully saturated rings. The number of hydrogen-bond acceptors (Lipinski definition) is 6. The minimum Gasteiger partial charge on any atom is -0.492 e. The van der Waals surface area contributed by atoms with Gasteiger partial charge >= 0.3 is 0 Å². The van der Waals surface area contributed by atoms with Crippen molar-refractivity contribution < 1.29 is 22.7 Å². The summed E-state index contributed by atoms with van der Waals surface area (Å²) in [5.74, 6) is 0.435. The normalized spacial score (nSPS) is 11.4. The fraction of sp³-hybridized carbons (Fsp3) is 0.118. The highest BCUT2D eigenvalue weighted by Crippen LogP contribution is 2.32. The first kappa shape index (κ1) is 29.3. The number of nitrogens with zero attached hydrogens (tertiary/aromatic N) is 2. The highest BCUT2D eigenvalue weighted by molar-refractivity contribution is 7.92. The lowest BCUT2D eigenvalue weighted by atomic mass is 10.1. The summed E-state index contributed by atoms with van der Waals surface area (Å²) in [6.07, 6.45) is 1.48. The Kier molecular flexibility index (Phi) is 9.33. The van der Waals surface area contributed by atoms with E-state index in [0.717, 1.165) is 26.2 Å². The third kappa shape index (κ3) is 7.20. The largest absolute Gasteiger partial charge is 0.492 e. The lowest BCUT2D eigenvalue weighted by Crippen LogP contribution is -2.39. The second kappa shape index (κ2) is 13.7. The van der Waals surface area contributed by atoms with E-state index in [-0.39, 0.29) is 10.6 Å². The monoisotopic (exact) mass is 593 g/mol. The van der Waals surface area contributed by atoms with Gasteiger partial charge in [-0.3, -0.25) is 9.10 Å². The van der Waals surface area contributed by atoms with E-state index in [0.29, 0.717) is 24.7 Å². The van der Waals surface area contributed by atoms with Gasteiger partial charge in [0, 0.05) is 0 Å². The predicted octanol–water partition coefficient (Wildman–Crippen LogP) is 6.16. The molecule has 5 aromatic rings. The number of sulfonamides is 1. The maximum Gasteiger partial charge on any atom is 0.264 e. The van der Waals surface area contributed by atoms with Gasteiger partial charge in [-0.1, -0.05) is 72.8 Å². The van der Waals surface area contributed by atoms with Crippen molar-refractivity contribution in [3.05, 3.63) is 132 Å². The molecule has 43 heavy (non-hydrogen) atoms. The molecule has 5 aromatic carbocycles. The maximum atomic E-state index is 13.6. The molecule has 0 atom stereocenters. The van der Waals surface area contributed by atoms with Crippen LogP contribution in [0.15, 0.2) is 131 Å². The number of fused-ring (bicyclic) bond motifs is 1. The molecule has 0 unspecified atom stereocenters. The highest BCUT2D eigenvalue weighted by Gasteiger charge is 2.29. The predicted molar refractivity (Wildman–Crippen MR) is 169 cm³/mol. The highest BCUT2D eigenvalue weighted by atomic mass is 32.2. The van der Waals surface area contributed by atoms with Crippen molar-refractivity contribution >= 4 is 38.6 Å². The second-order valence-corrected chi connectivity index (χ2v) is 11.4. The van der Waals surface area contributed by atoms with Crippen LogP contribution < -0.4 is 19.2 Å². The number of carbonyl (C=O) groups is 1. The van der Waals surface area contributed by atoms with Gasteiger partial charge in [0.1, 0.15) is 24.7 Å². The Morgan fingerprint density at radius 2 is 1.51 bits per heavy atom. The van der Waals surface area contributed by atoms with E-state index >= 15 is 0 Å². The van der Waals surface area contributed by atoms with Crippen LogP contribution in [-0.2, 0) is 21.4 Å². The average molecular weight is 594 g/mol. The molecular weight excluding hydrogens is 562 g/mol. The van der Waals surface area contributed by atoms with Crippen LogP contribution in [0.1, 0.15) is 18.1 Å². The summed E-state index contributed by atoms with van der Waals surface area (Å²) in [6.45, 7) is 2.07. The van der Waals surface area contributed by atoms with Crippen LogP contribution >= 0.6 is 0 Å². The lowest BCUT2D eigenvalue weighted by Gasteiger charge is -2.25. The molecule has 0 bridgehead atoms. The number of rotatable bonds is 12. The summed E-state index contributed by atoms with van der Waals surface area (Å²) < 4.78 is 39.9. The Morgan fingerprint density at radius 1 is 0.814 bits per heavy atom. The van der Waals surface area contributed by atoms with Crippen molar-refractivity contribution in [3.63, 3.8) is 0 Å². The number of benzene rings is 5. The molecule has 0 aliphatic rings. The maximum absolute atomic E-state index is 13.6. The van der Waals surface area contributed by atoms with Gasteiger partial charge in [-0.05, 0) is 77.4 Å². The van der Waals surface area contributed by atoms with Crippen LogP contribution in [0.3, 0.4) is 0 Å². The zero-order chi connectivity index (χ0) is 30.1. The van der Waals surface area contributed by atoms with Gasteiger partial charge < -0.3 is 9.47 Å². The Balaban J connectivity index is 1.24. The van der Waals surface area contributed by atoms with E-state index in [1.165, 1.54) is 18.3 Å². The van der Waals surface area contributed by atoms with Gasteiger partial charge in [-0.15, -0.1) is 0 Å². The summed E-state index contributed by atoms with van der Waals surface area (Å²) in [4.78, 5) is 13.0. The SMILES string of the molecule is CCOc1ccccc1N(CC(=O)N/N=C/c1ccc(OCc2cccc3ccccc23)cc1)S(=O)(=O)c1ccccc1. The minimum atomic E-state index is -4.08. The topological polar surface area (TPSA) is 97.3 Å². The van der Waals surface area contributed by atoms with Crippen LogP contribution in [0.5, 0.6) is 11.5 Å². The lowest BCUT2D eigenvalue weighted by molar-refractivity contribution is -0.119. The summed E-state index contributed by atoms with van der Waals surface area (Å²) in [6, 6.07) is 36.3. The van der Waals surface area contributed by atoms with Gasteiger partial charge in [0.2, 0.25) is 0 Å². The van der Waals surface area contributed by atoms with Crippen molar-refractivity contribution in [3.8, 4) is 11.5 Å². The number of nitrogens with one attached hydrogen (secondary N) is 1. The summed E-state index contributed by atoms with van der Waals surface area (Å²) in [7, 11) is -4.08. The van der Waals surface area contributed by atoms with E-state index in [1.807, 2.05) is 48.5 Å². The van der Waals surface area contributed by atoms with E-state index in [4.69, 9.17) is 9.47 Å². The van der Waals surface area contributed by atoms with Gasteiger partial charge in [-0.2, -0.15) is 5.10 Å². The fourth-order valence-corrected chi connectivity index (χ4v) is 5.99. The smallest absolute Gasteiger partial charge is 0.264 e. The number of amides is 1. The number of carbonyl (C=O) groups excluding carboxylic acids is 1. The molecule has 0 aromatic heterocycles. The fourth-order valence-electron chi connectivity index (χ4n) is 4.53.